The number of halogens is 1. The van der Waals surface area contributed by atoms with Crippen molar-refractivity contribution in [3.05, 3.63) is 46.3 Å². The lowest BCUT2D eigenvalue weighted by molar-refractivity contribution is 0.0622. The molecule has 3 aliphatic heterocycles. The van der Waals surface area contributed by atoms with E-state index in [0.29, 0.717) is 15.8 Å². The van der Waals surface area contributed by atoms with Gasteiger partial charge in [0, 0.05) is 12.6 Å². The molecule has 1 N–H and O–H groups in total. The van der Waals surface area contributed by atoms with Crippen molar-refractivity contribution in [1.82, 2.24) is 10.2 Å². The first-order valence-corrected chi connectivity index (χ1v) is 9.28. The van der Waals surface area contributed by atoms with Gasteiger partial charge in [-0.1, -0.05) is 41.9 Å². The van der Waals surface area contributed by atoms with Crippen LogP contribution in [0.5, 0.6) is 0 Å². The summed E-state index contributed by atoms with van der Waals surface area (Å²) in [5.41, 5.74) is 1.06. The minimum absolute atomic E-state index is 0.0119. The molecule has 0 aliphatic carbocycles. The van der Waals surface area contributed by atoms with Gasteiger partial charge in [0.25, 0.3) is 5.91 Å². The van der Waals surface area contributed by atoms with Crippen molar-refractivity contribution in [2.45, 2.75) is 18.9 Å². The molecule has 0 saturated carbocycles. The molecule has 120 valence electrons. The summed E-state index contributed by atoms with van der Waals surface area (Å²) in [6.45, 7) is 3.35. The van der Waals surface area contributed by atoms with Crippen LogP contribution in [0.2, 0.25) is 5.02 Å². The molecule has 5 rings (SSSR count). The van der Waals surface area contributed by atoms with Crippen molar-refractivity contribution < 1.29 is 4.79 Å². The van der Waals surface area contributed by atoms with Crippen molar-refractivity contribution in [1.29, 1.82) is 0 Å². The van der Waals surface area contributed by atoms with Gasteiger partial charge >= 0.3 is 0 Å². The van der Waals surface area contributed by atoms with Gasteiger partial charge in [0.05, 0.1) is 14.8 Å². The molecule has 1 aromatic carbocycles. The maximum atomic E-state index is 12.6. The van der Waals surface area contributed by atoms with Crippen LogP contribution in [-0.4, -0.2) is 36.5 Å². The lowest BCUT2D eigenvalue weighted by atomic mass is 9.84. The van der Waals surface area contributed by atoms with Crippen molar-refractivity contribution in [2.75, 3.05) is 19.6 Å². The van der Waals surface area contributed by atoms with Gasteiger partial charge < -0.3 is 10.2 Å². The number of nitrogens with zero attached hydrogens (tertiary/aromatic N) is 1. The minimum atomic E-state index is 0.0119. The highest BCUT2D eigenvalue weighted by Gasteiger charge is 2.35. The second-order valence-electron chi connectivity index (χ2n) is 6.37. The van der Waals surface area contributed by atoms with Gasteiger partial charge in [-0.05, 0) is 43.5 Å². The van der Waals surface area contributed by atoms with Crippen LogP contribution in [0.1, 0.15) is 22.5 Å². The lowest BCUT2D eigenvalue weighted by Gasteiger charge is -2.44. The molecule has 4 heterocycles. The fourth-order valence-electron chi connectivity index (χ4n) is 3.64. The Hall–Kier alpha value is -1.36. The van der Waals surface area contributed by atoms with Gasteiger partial charge in [0.2, 0.25) is 0 Å². The average Bonchev–Trinajstić information content (AvgIpc) is 2.99. The maximum Gasteiger partial charge on any atom is 0.261 e. The predicted octanol–water partition coefficient (Wildman–Crippen LogP) is 3.89. The Labute approximate surface area is 145 Å². The number of benzene rings is 1. The van der Waals surface area contributed by atoms with Gasteiger partial charge in [0.15, 0.2) is 0 Å². The maximum absolute atomic E-state index is 12.6. The zero-order valence-electron chi connectivity index (χ0n) is 12.8. The smallest absolute Gasteiger partial charge is 0.261 e. The molecule has 3 nitrogen and oxygen atoms in total. The highest BCUT2D eigenvalue weighted by Crippen LogP contribution is 2.36. The van der Waals surface area contributed by atoms with Gasteiger partial charge in [-0.25, -0.2) is 0 Å². The van der Waals surface area contributed by atoms with Crippen molar-refractivity contribution >= 4 is 28.8 Å². The molecule has 3 aliphatic rings. The fraction of sp³-hybridized carbons (Fsp3) is 0.389. The first-order chi connectivity index (χ1) is 11.2. The number of amides is 1. The number of thiophene rings is 1. The van der Waals surface area contributed by atoms with Gasteiger partial charge in [-0.3, -0.25) is 4.79 Å². The van der Waals surface area contributed by atoms with Crippen LogP contribution in [0.25, 0.3) is 10.4 Å². The largest absolute Gasteiger partial charge is 0.347 e. The number of carbonyl (C=O) groups excluding carboxylic acids is 1. The highest BCUT2D eigenvalue weighted by atomic mass is 35.5. The predicted molar refractivity (Wildman–Crippen MR) is 95.2 cm³/mol. The number of piperidine rings is 3. The van der Waals surface area contributed by atoms with E-state index in [1.54, 1.807) is 6.07 Å². The third kappa shape index (κ3) is 3.03. The first kappa shape index (κ1) is 15.2. The summed E-state index contributed by atoms with van der Waals surface area (Å²) in [5.74, 6) is 0.644. The van der Waals surface area contributed by atoms with Gasteiger partial charge in [0.1, 0.15) is 0 Å². The van der Waals surface area contributed by atoms with Crippen LogP contribution < -0.4 is 5.32 Å². The van der Waals surface area contributed by atoms with Gasteiger partial charge in [-0.15, -0.1) is 11.3 Å². The molecule has 1 aromatic heterocycles. The standard InChI is InChI=1S/C18H19ClN2OS/c19-14-10-16(23-17(14)13-4-2-1-3-5-13)18(22)20-15-11-21-8-6-12(15)7-9-21/h1-5,10,12,15H,6-9,11H2,(H,20,22)/t15-/m0/s1. The Morgan fingerprint density at radius 2 is 1.96 bits per heavy atom. The van der Waals surface area contributed by atoms with Crippen molar-refractivity contribution in [3.8, 4) is 10.4 Å². The summed E-state index contributed by atoms with van der Waals surface area (Å²) in [4.78, 5) is 16.7. The second kappa shape index (κ2) is 6.27. The number of hydrogen-bond donors (Lipinski definition) is 1. The summed E-state index contributed by atoms with van der Waals surface area (Å²) in [6.07, 6.45) is 2.40. The van der Waals surface area contributed by atoms with E-state index in [1.165, 1.54) is 37.3 Å². The quantitative estimate of drug-likeness (QED) is 0.914. The molecule has 0 radical (unpaired) electrons. The Balaban J connectivity index is 1.51. The lowest BCUT2D eigenvalue weighted by Crippen LogP contribution is -2.57. The zero-order chi connectivity index (χ0) is 15.8. The summed E-state index contributed by atoms with van der Waals surface area (Å²) >= 11 is 7.82. The van der Waals surface area contributed by atoms with Crippen LogP contribution in [0.3, 0.4) is 0 Å². The molecule has 2 bridgehead atoms. The second-order valence-corrected chi connectivity index (χ2v) is 7.83. The van der Waals surface area contributed by atoms with E-state index in [9.17, 15) is 4.79 Å². The van der Waals surface area contributed by atoms with Crippen LogP contribution in [0.4, 0.5) is 0 Å². The first-order valence-electron chi connectivity index (χ1n) is 8.08. The Morgan fingerprint density at radius 3 is 2.61 bits per heavy atom. The third-order valence-electron chi connectivity index (χ3n) is 4.92. The molecule has 1 amide bonds. The van der Waals surface area contributed by atoms with Crippen LogP contribution >= 0.6 is 22.9 Å². The molecule has 3 fully saturated rings. The molecule has 2 aromatic rings. The van der Waals surface area contributed by atoms with Gasteiger partial charge in [-0.2, -0.15) is 0 Å². The Kier molecular flexibility index (Phi) is 4.14. The number of nitrogens with one attached hydrogen (secondary N) is 1. The number of fused-ring (bicyclic) bond motifs is 3. The molecule has 3 saturated heterocycles. The van der Waals surface area contributed by atoms with Crippen molar-refractivity contribution in [3.63, 3.8) is 0 Å². The topological polar surface area (TPSA) is 32.3 Å². The molecular formula is C18H19ClN2OS. The minimum Gasteiger partial charge on any atom is -0.347 e. The summed E-state index contributed by atoms with van der Waals surface area (Å²) in [6, 6.07) is 12.1. The number of hydrogen-bond acceptors (Lipinski definition) is 3. The summed E-state index contributed by atoms with van der Waals surface area (Å²) in [5, 5.41) is 3.88. The van der Waals surface area contributed by atoms with Crippen LogP contribution in [0, 0.1) is 5.92 Å². The fourth-order valence-corrected chi connectivity index (χ4v) is 4.99. The summed E-state index contributed by atoms with van der Waals surface area (Å²) in [7, 11) is 0. The van der Waals surface area contributed by atoms with E-state index in [4.69, 9.17) is 11.6 Å². The normalized spacial score (nSPS) is 26.2. The highest BCUT2D eigenvalue weighted by molar-refractivity contribution is 7.18. The van der Waals surface area contributed by atoms with E-state index < -0.39 is 0 Å². The molecule has 0 unspecified atom stereocenters. The van der Waals surface area contributed by atoms with E-state index in [-0.39, 0.29) is 11.9 Å². The Bertz CT molecular complexity index is 707. The van der Waals surface area contributed by atoms with Crippen LogP contribution in [0.15, 0.2) is 36.4 Å². The molecule has 1 atom stereocenters. The molecule has 0 spiro atoms. The third-order valence-corrected chi connectivity index (χ3v) is 6.51. The van der Waals surface area contributed by atoms with E-state index in [1.807, 2.05) is 30.3 Å². The SMILES string of the molecule is O=C(N[C@H]1CN2CCC1CC2)c1cc(Cl)c(-c2ccccc2)s1. The zero-order valence-corrected chi connectivity index (χ0v) is 14.4. The summed E-state index contributed by atoms with van der Waals surface area (Å²) < 4.78 is 0. The average molecular weight is 347 g/mol. The van der Waals surface area contributed by atoms with E-state index >= 15 is 0 Å². The molecule has 5 heteroatoms. The van der Waals surface area contributed by atoms with Crippen molar-refractivity contribution in [2.24, 2.45) is 5.92 Å². The Morgan fingerprint density at radius 1 is 1.22 bits per heavy atom. The molecule has 23 heavy (non-hydrogen) atoms. The molecular weight excluding hydrogens is 328 g/mol. The number of carbonyl (C=O) groups is 1. The van der Waals surface area contributed by atoms with E-state index in [2.05, 4.69) is 10.2 Å². The van der Waals surface area contributed by atoms with E-state index in [0.717, 1.165) is 17.0 Å². The number of rotatable bonds is 3. The van der Waals surface area contributed by atoms with Crippen LogP contribution in [-0.2, 0) is 0 Å². The monoisotopic (exact) mass is 346 g/mol.